The molecule has 3 saturated carbocycles. The van der Waals surface area contributed by atoms with Gasteiger partial charge in [-0.05, 0) is 66.9 Å². The van der Waals surface area contributed by atoms with Crippen molar-refractivity contribution >= 4 is 11.6 Å². The van der Waals surface area contributed by atoms with Crippen molar-refractivity contribution < 1.29 is 47.6 Å². The monoisotopic (exact) mass is 641 g/mol. The van der Waals surface area contributed by atoms with Gasteiger partial charge in [-0.2, -0.15) is 13.2 Å². The van der Waals surface area contributed by atoms with E-state index in [1.807, 2.05) is 13.0 Å². The first-order chi connectivity index (χ1) is 21.8. The first-order valence-corrected chi connectivity index (χ1v) is 15.8. The Bertz CT molecular complexity index is 1630. The van der Waals surface area contributed by atoms with Gasteiger partial charge in [-0.1, -0.05) is 49.8 Å². The third-order valence-corrected chi connectivity index (χ3v) is 11.9. The first-order valence-electron chi connectivity index (χ1n) is 15.8. The van der Waals surface area contributed by atoms with E-state index in [4.69, 9.17) is 9.47 Å². The number of rotatable bonds is 6. The molecular formula is C35H38F3NO7. The Kier molecular flexibility index (Phi) is 7.34. The zero-order chi connectivity index (χ0) is 32.8. The van der Waals surface area contributed by atoms with Gasteiger partial charge < -0.3 is 29.4 Å². The summed E-state index contributed by atoms with van der Waals surface area (Å²) in [6.07, 6.45) is 2.27. The molecule has 1 saturated heterocycles. The van der Waals surface area contributed by atoms with Gasteiger partial charge in [-0.3, -0.25) is 9.59 Å². The van der Waals surface area contributed by atoms with Crippen LogP contribution in [0, 0.1) is 28.6 Å². The van der Waals surface area contributed by atoms with Crippen molar-refractivity contribution in [3.05, 3.63) is 83.2 Å². The number of ketones is 2. The lowest BCUT2D eigenvalue weighted by Gasteiger charge is -2.59. The number of hydrogen-bond donors (Lipinski definition) is 3. The van der Waals surface area contributed by atoms with Gasteiger partial charge in [0.25, 0.3) is 0 Å². The molecule has 46 heavy (non-hydrogen) atoms. The highest BCUT2D eigenvalue weighted by molar-refractivity contribution is 6.01. The number of alkyl halides is 3. The molecule has 2 heterocycles. The van der Waals surface area contributed by atoms with E-state index in [0.717, 1.165) is 10.1 Å². The molecule has 5 aliphatic rings. The number of aliphatic hydroxyl groups is 3. The minimum absolute atomic E-state index is 0.0170. The number of carbonyl (C=O) groups is 2. The van der Waals surface area contributed by atoms with E-state index in [1.165, 1.54) is 36.7 Å². The third-order valence-electron chi connectivity index (χ3n) is 11.9. The summed E-state index contributed by atoms with van der Waals surface area (Å²) in [7, 11) is 0. The maximum atomic E-state index is 14.4. The minimum Gasteiger partial charge on any atom is -0.393 e. The molecule has 10 atom stereocenters. The molecule has 4 aliphatic carbocycles. The van der Waals surface area contributed by atoms with Gasteiger partial charge in [0, 0.05) is 34.7 Å². The average molecular weight is 642 g/mol. The van der Waals surface area contributed by atoms with Crippen molar-refractivity contribution in [3.8, 4) is 0 Å². The topological polar surface area (TPSA) is 118 Å². The number of ether oxygens (including phenoxy) is 2. The van der Waals surface area contributed by atoms with E-state index < -0.39 is 66.1 Å². The molecule has 3 N–H and O–H groups in total. The van der Waals surface area contributed by atoms with Crippen LogP contribution in [0.1, 0.15) is 68.6 Å². The number of nitrogens with zero attached hydrogens (tertiary/aromatic N) is 1. The van der Waals surface area contributed by atoms with E-state index in [9.17, 15) is 38.1 Å². The van der Waals surface area contributed by atoms with Gasteiger partial charge in [0.2, 0.25) is 0 Å². The molecule has 246 valence electrons. The van der Waals surface area contributed by atoms with Crippen molar-refractivity contribution in [1.29, 1.82) is 0 Å². The number of aliphatic hydroxyl groups excluding tert-OH is 3. The number of hydrogen-bond acceptors (Lipinski definition) is 7. The number of aromatic nitrogens is 1. The third kappa shape index (κ3) is 4.38. The predicted molar refractivity (Wildman–Crippen MR) is 158 cm³/mol. The highest BCUT2D eigenvalue weighted by Crippen LogP contribution is 2.70. The van der Waals surface area contributed by atoms with E-state index in [2.05, 4.69) is 6.92 Å². The van der Waals surface area contributed by atoms with Crippen LogP contribution in [0.25, 0.3) is 0 Å². The molecular weight excluding hydrogens is 603 g/mol. The second-order valence-electron chi connectivity index (χ2n) is 14.1. The lowest BCUT2D eigenvalue weighted by atomic mass is 9.46. The van der Waals surface area contributed by atoms with Crippen LogP contribution in [-0.4, -0.2) is 62.0 Å². The second kappa shape index (κ2) is 10.7. The van der Waals surface area contributed by atoms with Gasteiger partial charge in [-0.15, -0.1) is 0 Å². The van der Waals surface area contributed by atoms with Crippen molar-refractivity contribution in [3.63, 3.8) is 0 Å². The van der Waals surface area contributed by atoms with Crippen molar-refractivity contribution in [1.82, 2.24) is 4.57 Å². The fourth-order valence-corrected chi connectivity index (χ4v) is 9.96. The quantitative estimate of drug-likeness (QED) is 0.417. The van der Waals surface area contributed by atoms with Crippen LogP contribution in [0.3, 0.4) is 0 Å². The number of Topliss-reactive ketones (excluding diaryl/α,β-unsaturated/α-hetero) is 1. The molecule has 7 rings (SSSR count). The largest absolute Gasteiger partial charge is 0.413 e. The van der Waals surface area contributed by atoms with E-state index >= 15 is 0 Å². The van der Waals surface area contributed by atoms with E-state index in [-0.39, 0.29) is 35.5 Å². The van der Waals surface area contributed by atoms with Crippen LogP contribution < -0.4 is 0 Å². The molecule has 1 aromatic heterocycles. The Morgan fingerprint density at radius 2 is 1.98 bits per heavy atom. The number of benzene rings is 1. The van der Waals surface area contributed by atoms with Crippen LogP contribution >= 0.6 is 0 Å². The molecule has 0 amide bonds. The first kappa shape index (κ1) is 31.5. The Balaban J connectivity index is 1.21. The highest BCUT2D eigenvalue weighted by atomic mass is 19.4. The Hall–Kier alpha value is -3.09. The lowest BCUT2D eigenvalue weighted by molar-refractivity contribution is -0.201. The van der Waals surface area contributed by atoms with Crippen molar-refractivity contribution in [2.24, 2.45) is 28.6 Å². The number of carbonyl (C=O) groups excluding carboxylic acids is 2. The SMILES string of the molecule is C[C@]12C=CC(=O)C=C1CC[C@@H]1[C@@H]2[C@@H](O)C[C@@]2(C)[C@H]1C[C@H]1O[C@@H](c3ccn([C@@H](c4cccc(CO)c4)C(F)(F)F)c3)O[C@]12C(=O)CO. The summed E-state index contributed by atoms with van der Waals surface area (Å²) in [5.41, 5.74) is -1.46. The summed E-state index contributed by atoms with van der Waals surface area (Å²) in [6, 6.07) is 5.11. The zero-order valence-electron chi connectivity index (χ0n) is 25.6. The molecule has 11 heteroatoms. The van der Waals surface area contributed by atoms with Crippen molar-refractivity contribution in [2.45, 2.75) is 82.5 Å². The number of allylic oxidation sites excluding steroid dienone is 4. The Morgan fingerprint density at radius 3 is 2.70 bits per heavy atom. The molecule has 8 nitrogen and oxygen atoms in total. The molecule has 4 fully saturated rings. The summed E-state index contributed by atoms with van der Waals surface area (Å²) in [5, 5.41) is 31.5. The smallest absolute Gasteiger partial charge is 0.393 e. The average Bonchev–Trinajstić information content (AvgIpc) is 3.69. The van der Waals surface area contributed by atoms with Crippen LogP contribution in [0.15, 0.2) is 66.5 Å². The lowest BCUT2D eigenvalue weighted by Crippen LogP contribution is -2.63. The van der Waals surface area contributed by atoms with E-state index in [0.29, 0.717) is 30.4 Å². The minimum atomic E-state index is -4.66. The van der Waals surface area contributed by atoms with Gasteiger partial charge >= 0.3 is 6.18 Å². The summed E-state index contributed by atoms with van der Waals surface area (Å²) in [4.78, 5) is 25.9. The standard InChI is InChI=1S/C35H38F3NO7/c1-32-10-8-23(42)13-22(32)6-7-24-25-14-28-34(27(44)18-41,33(25,2)15-26(43)29(24)32)46-31(45-28)21-9-11-39(16-21)30(35(36,37)38)20-5-3-4-19(12-20)17-40/h3-5,8-13,16,24-26,28-31,40-41,43H,6-7,14-15,17-18H2,1-2H3/t24-,25-,26-,28+,29+,30-,31+,32-,33-,34+/m0/s1. The fraction of sp³-hybridized carbons (Fsp3) is 0.543. The molecule has 0 spiro atoms. The Morgan fingerprint density at radius 1 is 1.20 bits per heavy atom. The zero-order valence-corrected chi connectivity index (χ0v) is 25.6. The predicted octanol–water partition coefficient (Wildman–Crippen LogP) is 4.73. The van der Waals surface area contributed by atoms with E-state index in [1.54, 1.807) is 18.2 Å². The van der Waals surface area contributed by atoms with Gasteiger partial charge in [0.1, 0.15) is 6.61 Å². The van der Waals surface area contributed by atoms with Crippen LogP contribution in [0.5, 0.6) is 0 Å². The van der Waals surface area contributed by atoms with Crippen LogP contribution in [-0.2, 0) is 25.7 Å². The van der Waals surface area contributed by atoms with Crippen LogP contribution in [0.2, 0.25) is 0 Å². The summed E-state index contributed by atoms with van der Waals surface area (Å²) in [6.45, 7) is 2.75. The number of halogens is 3. The van der Waals surface area contributed by atoms with Gasteiger partial charge in [-0.25, -0.2) is 0 Å². The highest BCUT2D eigenvalue weighted by Gasteiger charge is 2.76. The summed E-state index contributed by atoms with van der Waals surface area (Å²) in [5.74, 6) is -0.953. The van der Waals surface area contributed by atoms with Crippen LogP contribution in [0.4, 0.5) is 13.2 Å². The maximum absolute atomic E-state index is 14.4. The molecule has 1 aromatic carbocycles. The van der Waals surface area contributed by atoms with Gasteiger partial charge in [0.15, 0.2) is 29.5 Å². The molecule has 0 bridgehead atoms. The van der Waals surface area contributed by atoms with Crippen molar-refractivity contribution in [2.75, 3.05) is 6.61 Å². The molecule has 0 unspecified atom stereocenters. The number of fused-ring (bicyclic) bond motifs is 7. The Labute approximate surface area is 264 Å². The van der Waals surface area contributed by atoms with Gasteiger partial charge in [0.05, 0.1) is 18.8 Å². The summed E-state index contributed by atoms with van der Waals surface area (Å²) < 4.78 is 57.2. The summed E-state index contributed by atoms with van der Waals surface area (Å²) >= 11 is 0. The normalized spacial score (nSPS) is 38.9. The fourth-order valence-electron chi connectivity index (χ4n) is 9.96. The molecule has 2 aromatic rings. The maximum Gasteiger partial charge on any atom is 0.413 e. The second-order valence-corrected chi connectivity index (χ2v) is 14.1. The molecule has 0 radical (unpaired) electrons. The molecule has 1 aliphatic heterocycles.